The number of nitrogens with one attached hydrogen (secondary N) is 2. The molecule has 4 aromatic rings. The molecule has 0 unspecified atom stereocenters. The Morgan fingerprint density at radius 3 is 2.08 bits per heavy atom. The third-order valence-corrected chi connectivity index (χ3v) is 5.96. The quantitative estimate of drug-likeness (QED) is 0.151. The third-order valence-electron chi connectivity index (χ3n) is 5.96. The van der Waals surface area contributed by atoms with Crippen LogP contribution in [0.4, 0.5) is 15.8 Å². The van der Waals surface area contributed by atoms with Crippen LogP contribution in [0.1, 0.15) is 27.0 Å². The molecule has 0 saturated carbocycles. The molecule has 0 heterocycles. The van der Waals surface area contributed by atoms with Gasteiger partial charge < -0.3 is 25.8 Å². The topological polar surface area (TPSA) is 103 Å². The van der Waals surface area contributed by atoms with Crippen LogP contribution in [0.2, 0.25) is 0 Å². The Labute approximate surface area is 226 Å². The van der Waals surface area contributed by atoms with E-state index in [1.165, 1.54) is 12.1 Å². The van der Waals surface area contributed by atoms with Crippen LogP contribution < -0.4 is 25.8 Å². The van der Waals surface area contributed by atoms with Gasteiger partial charge in [-0.3, -0.25) is 9.59 Å². The second-order valence-corrected chi connectivity index (χ2v) is 8.63. The molecule has 198 valence electrons. The van der Waals surface area contributed by atoms with E-state index in [4.69, 9.17) is 15.2 Å². The molecular formula is C31H28FN3O4. The highest BCUT2D eigenvalue weighted by molar-refractivity contribution is 6.24. The highest BCUT2D eigenvalue weighted by atomic mass is 19.1. The molecule has 4 aromatic carbocycles. The smallest absolute Gasteiger partial charge is 0.255 e. The van der Waals surface area contributed by atoms with Gasteiger partial charge in [-0.15, -0.1) is 0 Å². The van der Waals surface area contributed by atoms with Crippen LogP contribution in [0.3, 0.4) is 0 Å². The molecule has 0 aliphatic rings. The Bertz CT molecular complexity index is 1480. The number of ether oxygens (including phenoxy) is 2. The van der Waals surface area contributed by atoms with Crippen molar-refractivity contribution in [3.8, 4) is 11.5 Å². The van der Waals surface area contributed by atoms with Gasteiger partial charge in [-0.25, -0.2) is 4.39 Å². The Hall–Kier alpha value is -5.11. The number of halogens is 1. The summed E-state index contributed by atoms with van der Waals surface area (Å²) >= 11 is 0. The fraction of sp³-hybridized carbons (Fsp3) is 0.0968. The Kier molecular flexibility index (Phi) is 8.58. The summed E-state index contributed by atoms with van der Waals surface area (Å²) in [5, 5.41) is 5.69. The first-order chi connectivity index (χ1) is 18.9. The van der Waals surface area contributed by atoms with Crippen LogP contribution in [-0.4, -0.2) is 26.0 Å². The number of anilines is 2. The van der Waals surface area contributed by atoms with Gasteiger partial charge in [-0.2, -0.15) is 0 Å². The fourth-order valence-corrected chi connectivity index (χ4v) is 3.85. The monoisotopic (exact) mass is 525 g/mol. The summed E-state index contributed by atoms with van der Waals surface area (Å²) in [6.07, 6.45) is 1.69. The van der Waals surface area contributed by atoms with Gasteiger partial charge in [0.1, 0.15) is 17.3 Å². The summed E-state index contributed by atoms with van der Waals surface area (Å²) in [4.78, 5) is 25.9. The summed E-state index contributed by atoms with van der Waals surface area (Å²) in [5.74, 6) is 0.0845. The van der Waals surface area contributed by atoms with E-state index < -0.39 is 5.82 Å². The van der Waals surface area contributed by atoms with Crippen LogP contribution in [0.15, 0.2) is 91.0 Å². The van der Waals surface area contributed by atoms with Gasteiger partial charge >= 0.3 is 0 Å². The van der Waals surface area contributed by atoms with Crippen LogP contribution in [0.25, 0.3) is 11.6 Å². The number of carbonyl (C=O) groups is 2. The molecule has 0 atom stereocenters. The molecule has 7 nitrogen and oxygen atoms in total. The molecule has 0 fully saturated rings. The van der Waals surface area contributed by atoms with Crippen molar-refractivity contribution >= 4 is 34.8 Å². The van der Waals surface area contributed by atoms with Crippen molar-refractivity contribution in [2.45, 2.75) is 6.54 Å². The summed E-state index contributed by atoms with van der Waals surface area (Å²) < 4.78 is 24.3. The van der Waals surface area contributed by atoms with Crippen LogP contribution in [-0.2, 0) is 11.3 Å². The normalized spacial score (nSPS) is 11.0. The maximum Gasteiger partial charge on any atom is 0.255 e. The summed E-state index contributed by atoms with van der Waals surface area (Å²) in [7, 11) is 3.09. The summed E-state index contributed by atoms with van der Waals surface area (Å²) in [6, 6.07) is 24.9. The molecular weight excluding hydrogens is 497 g/mol. The molecule has 8 heteroatoms. The highest BCUT2D eigenvalue weighted by Crippen LogP contribution is 2.27. The number of nitrogen functional groups attached to an aromatic ring is 1. The number of benzene rings is 4. The minimum atomic E-state index is -0.402. The minimum Gasteiger partial charge on any atom is -0.497 e. The summed E-state index contributed by atoms with van der Waals surface area (Å²) in [5.41, 5.74) is 9.71. The van der Waals surface area contributed by atoms with Gasteiger partial charge in [0.15, 0.2) is 0 Å². The molecule has 2 amide bonds. The first-order valence-electron chi connectivity index (χ1n) is 12.1. The van der Waals surface area contributed by atoms with Gasteiger partial charge in [0, 0.05) is 23.7 Å². The highest BCUT2D eigenvalue weighted by Gasteiger charge is 2.14. The average Bonchev–Trinajstić information content (AvgIpc) is 2.96. The Morgan fingerprint density at radius 1 is 0.846 bits per heavy atom. The van der Waals surface area contributed by atoms with E-state index in [9.17, 15) is 14.0 Å². The van der Waals surface area contributed by atoms with Crippen molar-refractivity contribution in [2.75, 3.05) is 25.3 Å². The van der Waals surface area contributed by atoms with E-state index in [0.29, 0.717) is 45.1 Å². The Morgan fingerprint density at radius 2 is 1.46 bits per heavy atom. The summed E-state index contributed by atoms with van der Waals surface area (Å²) in [6.45, 7) is 0.215. The molecule has 0 aliphatic carbocycles. The molecule has 0 bridgehead atoms. The predicted molar refractivity (Wildman–Crippen MR) is 151 cm³/mol. The van der Waals surface area contributed by atoms with E-state index in [0.717, 1.165) is 5.56 Å². The first-order valence-corrected chi connectivity index (χ1v) is 12.1. The van der Waals surface area contributed by atoms with E-state index in [1.54, 1.807) is 99.2 Å². The van der Waals surface area contributed by atoms with Gasteiger partial charge in [-0.1, -0.05) is 36.4 Å². The van der Waals surface area contributed by atoms with Gasteiger partial charge in [0.2, 0.25) is 0 Å². The molecule has 0 spiro atoms. The van der Waals surface area contributed by atoms with Gasteiger partial charge in [0.05, 0.1) is 25.6 Å². The zero-order chi connectivity index (χ0) is 27.8. The number of para-hydroxylation sites is 2. The second-order valence-electron chi connectivity index (χ2n) is 8.63. The molecule has 0 radical (unpaired) electrons. The second kappa shape index (κ2) is 12.4. The fourth-order valence-electron chi connectivity index (χ4n) is 3.85. The first kappa shape index (κ1) is 26.9. The molecule has 4 N–H and O–H groups in total. The van der Waals surface area contributed by atoms with Crippen molar-refractivity contribution in [1.82, 2.24) is 5.32 Å². The van der Waals surface area contributed by atoms with Gasteiger partial charge in [-0.05, 0) is 71.3 Å². The lowest BCUT2D eigenvalue weighted by molar-refractivity contribution is -0.115. The largest absolute Gasteiger partial charge is 0.497 e. The van der Waals surface area contributed by atoms with Crippen LogP contribution in [0, 0.1) is 5.82 Å². The zero-order valence-corrected chi connectivity index (χ0v) is 21.5. The van der Waals surface area contributed by atoms with E-state index in [-0.39, 0.29) is 18.4 Å². The molecule has 4 rings (SSSR count). The standard InChI is InChI=1S/C31H28FN3O4/c1-38-25-15-21(16-26(18-25)39-2)17-27(22-11-13-24(32)14-12-22)31(37)34-19-20-7-9-23(10-8-20)30(36)35-29-6-4-3-5-28(29)33/h3-18H,19,33H2,1-2H3,(H,34,37)(H,35,36). The number of amides is 2. The number of hydrogen-bond acceptors (Lipinski definition) is 5. The minimum absolute atomic E-state index is 0.215. The van der Waals surface area contributed by atoms with Crippen LogP contribution >= 0.6 is 0 Å². The van der Waals surface area contributed by atoms with Crippen molar-refractivity contribution in [2.24, 2.45) is 0 Å². The lowest BCUT2D eigenvalue weighted by Gasteiger charge is -2.12. The average molecular weight is 526 g/mol. The number of carbonyl (C=O) groups excluding carboxylic acids is 2. The molecule has 39 heavy (non-hydrogen) atoms. The van der Waals surface area contributed by atoms with Gasteiger partial charge in [0.25, 0.3) is 11.8 Å². The van der Waals surface area contributed by atoms with Crippen molar-refractivity contribution in [1.29, 1.82) is 0 Å². The maximum atomic E-state index is 13.6. The number of nitrogens with two attached hydrogens (primary N) is 1. The van der Waals surface area contributed by atoms with Crippen LogP contribution in [0.5, 0.6) is 11.5 Å². The number of methoxy groups -OCH3 is 2. The molecule has 0 aliphatic heterocycles. The lowest BCUT2D eigenvalue weighted by atomic mass is 10.0. The number of rotatable bonds is 9. The SMILES string of the molecule is COc1cc(C=C(C(=O)NCc2ccc(C(=O)Nc3ccccc3N)cc2)c2ccc(F)cc2)cc(OC)c1. The predicted octanol–water partition coefficient (Wildman–Crippen LogP) is 5.53. The lowest BCUT2D eigenvalue weighted by Crippen LogP contribution is -2.24. The van der Waals surface area contributed by atoms with Crippen molar-refractivity contribution in [3.63, 3.8) is 0 Å². The number of hydrogen-bond donors (Lipinski definition) is 3. The maximum absolute atomic E-state index is 13.6. The third kappa shape index (κ3) is 7.01. The van der Waals surface area contributed by atoms with Crippen molar-refractivity contribution < 1.29 is 23.5 Å². The van der Waals surface area contributed by atoms with Crippen molar-refractivity contribution in [3.05, 3.63) is 119 Å². The Balaban J connectivity index is 1.51. The van der Waals surface area contributed by atoms with E-state index in [2.05, 4.69) is 10.6 Å². The molecule has 0 saturated heterocycles. The van der Waals surface area contributed by atoms with E-state index in [1.807, 2.05) is 0 Å². The zero-order valence-electron chi connectivity index (χ0n) is 21.5. The molecule has 0 aromatic heterocycles. The van der Waals surface area contributed by atoms with E-state index >= 15 is 0 Å².